The van der Waals surface area contributed by atoms with Crippen LogP contribution in [0.2, 0.25) is 0 Å². The number of aromatic nitrogens is 5. The third kappa shape index (κ3) is 4.77. The number of ether oxygens (including phenoxy) is 1. The van der Waals surface area contributed by atoms with Crippen LogP contribution in [0.5, 0.6) is 5.75 Å². The quantitative estimate of drug-likeness (QED) is 0.291. The van der Waals surface area contributed by atoms with Crippen molar-refractivity contribution in [2.75, 3.05) is 5.84 Å². The summed E-state index contributed by atoms with van der Waals surface area (Å²) in [5.41, 5.74) is 5.95. The first-order chi connectivity index (χ1) is 15.8. The molecular formula is C20H17F2N7O3S. The molecule has 0 aliphatic heterocycles. The number of thioether (sulfide) groups is 1. The number of amides is 1. The second-order valence-electron chi connectivity index (χ2n) is 6.77. The van der Waals surface area contributed by atoms with E-state index in [1.807, 2.05) is 0 Å². The highest BCUT2D eigenvalue weighted by molar-refractivity contribution is 7.98. The fourth-order valence-electron chi connectivity index (χ4n) is 3.13. The van der Waals surface area contributed by atoms with Gasteiger partial charge in [-0.1, -0.05) is 23.9 Å². The van der Waals surface area contributed by atoms with E-state index in [4.69, 9.17) is 11.6 Å². The summed E-state index contributed by atoms with van der Waals surface area (Å²) < 4.78 is 31.4. The Hall–Kier alpha value is -4.00. The largest absolute Gasteiger partial charge is 0.435 e. The number of hydrogen-bond donors (Lipinski definition) is 2. The first kappa shape index (κ1) is 22.2. The molecule has 1 amide bonds. The van der Waals surface area contributed by atoms with Crippen molar-refractivity contribution in [3.63, 3.8) is 0 Å². The number of para-hydroxylation sites is 1. The van der Waals surface area contributed by atoms with Crippen molar-refractivity contribution in [3.05, 3.63) is 64.7 Å². The average molecular weight is 473 g/mol. The van der Waals surface area contributed by atoms with Crippen LogP contribution in [-0.2, 0) is 17.1 Å². The second-order valence-corrected chi connectivity index (χ2v) is 7.71. The van der Waals surface area contributed by atoms with Gasteiger partial charge in [0.15, 0.2) is 5.82 Å². The lowest BCUT2D eigenvalue weighted by Gasteiger charge is -2.12. The lowest BCUT2D eigenvalue weighted by Crippen LogP contribution is -2.31. The number of nitrogen functional groups attached to an aromatic ring is 1. The third-order valence-corrected chi connectivity index (χ3v) is 5.53. The van der Waals surface area contributed by atoms with Crippen molar-refractivity contribution in [3.8, 4) is 17.1 Å². The Bertz CT molecular complexity index is 1370. The maximum absolute atomic E-state index is 12.8. The average Bonchev–Trinajstić information content (AvgIpc) is 3.15. The van der Waals surface area contributed by atoms with E-state index in [1.54, 1.807) is 24.3 Å². The van der Waals surface area contributed by atoms with Crippen molar-refractivity contribution in [2.45, 2.75) is 24.1 Å². The van der Waals surface area contributed by atoms with Crippen LogP contribution in [-0.4, -0.2) is 36.9 Å². The van der Waals surface area contributed by atoms with Gasteiger partial charge in [-0.15, -0.1) is 10.2 Å². The Morgan fingerprint density at radius 2 is 1.85 bits per heavy atom. The number of rotatable bonds is 8. The normalized spacial score (nSPS) is 11.2. The number of alkyl halides is 2. The van der Waals surface area contributed by atoms with Gasteiger partial charge in [-0.2, -0.15) is 8.78 Å². The molecule has 0 aliphatic rings. The highest BCUT2D eigenvalue weighted by Crippen LogP contribution is 2.26. The van der Waals surface area contributed by atoms with Crippen molar-refractivity contribution in [1.29, 1.82) is 0 Å². The van der Waals surface area contributed by atoms with Crippen molar-refractivity contribution in [1.82, 2.24) is 24.4 Å². The van der Waals surface area contributed by atoms with Gasteiger partial charge in [0.1, 0.15) is 18.1 Å². The third-order valence-electron chi connectivity index (χ3n) is 4.59. The fourth-order valence-corrected chi connectivity index (χ4v) is 3.93. The van der Waals surface area contributed by atoms with Crippen LogP contribution in [0, 0.1) is 0 Å². The molecule has 2 heterocycles. The summed E-state index contributed by atoms with van der Waals surface area (Å²) in [5, 5.41) is 8.77. The van der Waals surface area contributed by atoms with Gasteiger partial charge in [-0.25, -0.2) is 9.66 Å². The zero-order valence-corrected chi connectivity index (χ0v) is 17.7. The molecule has 0 unspecified atom stereocenters. The van der Waals surface area contributed by atoms with Gasteiger partial charge < -0.3 is 16.3 Å². The second kappa shape index (κ2) is 9.24. The molecule has 0 saturated heterocycles. The Morgan fingerprint density at radius 3 is 2.55 bits per heavy atom. The van der Waals surface area contributed by atoms with E-state index in [1.165, 1.54) is 33.5 Å². The van der Waals surface area contributed by atoms with E-state index in [0.717, 1.165) is 11.8 Å². The molecule has 13 heteroatoms. The fraction of sp³-hybridized carbons (Fsp3) is 0.150. The Balaban J connectivity index is 1.59. The molecule has 0 aliphatic carbocycles. The monoisotopic (exact) mass is 473 g/mol. The zero-order chi connectivity index (χ0) is 23.5. The van der Waals surface area contributed by atoms with Gasteiger partial charge in [0.05, 0.1) is 16.7 Å². The zero-order valence-electron chi connectivity index (χ0n) is 16.9. The number of fused-ring (bicyclic) bond motifs is 1. The number of hydrogen-bond acceptors (Lipinski definition) is 8. The molecule has 2 aromatic carbocycles. The van der Waals surface area contributed by atoms with E-state index in [0.29, 0.717) is 33.3 Å². The van der Waals surface area contributed by atoms with Gasteiger partial charge in [0.2, 0.25) is 11.1 Å². The van der Waals surface area contributed by atoms with E-state index < -0.39 is 12.5 Å². The summed E-state index contributed by atoms with van der Waals surface area (Å²) >= 11 is 1.15. The number of benzene rings is 2. The molecule has 0 spiro atoms. The summed E-state index contributed by atoms with van der Waals surface area (Å²) in [7, 11) is 0. The Kier molecular flexibility index (Phi) is 6.22. The van der Waals surface area contributed by atoms with E-state index in [9.17, 15) is 18.4 Å². The van der Waals surface area contributed by atoms with Gasteiger partial charge in [-0.05, 0) is 36.4 Å². The first-order valence-electron chi connectivity index (χ1n) is 9.49. The summed E-state index contributed by atoms with van der Waals surface area (Å²) in [6.07, 6.45) is 0. The van der Waals surface area contributed by atoms with Gasteiger partial charge in [-0.3, -0.25) is 14.2 Å². The maximum Gasteiger partial charge on any atom is 0.387 e. The van der Waals surface area contributed by atoms with Gasteiger partial charge in [0.25, 0.3) is 5.56 Å². The van der Waals surface area contributed by atoms with Crippen molar-refractivity contribution >= 4 is 28.6 Å². The predicted octanol–water partition coefficient (Wildman–Crippen LogP) is 1.75. The number of primary amides is 1. The molecule has 170 valence electrons. The van der Waals surface area contributed by atoms with Crippen molar-refractivity contribution < 1.29 is 18.3 Å². The summed E-state index contributed by atoms with van der Waals surface area (Å²) in [6.45, 7) is -3.24. The smallest absolute Gasteiger partial charge is 0.387 e. The molecule has 0 bridgehead atoms. The highest BCUT2D eigenvalue weighted by Gasteiger charge is 2.17. The minimum atomic E-state index is -2.92. The van der Waals surface area contributed by atoms with E-state index in [-0.39, 0.29) is 23.6 Å². The topological polar surface area (TPSA) is 144 Å². The molecular weight excluding hydrogens is 456 g/mol. The lowest BCUT2D eigenvalue weighted by molar-refractivity contribution is -0.118. The number of nitrogens with zero attached hydrogens (tertiary/aromatic N) is 5. The molecule has 4 aromatic rings. The van der Waals surface area contributed by atoms with Crippen LogP contribution in [0.15, 0.2) is 58.5 Å². The van der Waals surface area contributed by atoms with Gasteiger partial charge in [0, 0.05) is 5.56 Å². The molecule has 2 aromatic heterocycles. The Labute approximate surface area is 189 Å². The minimum absolute atomic E-state index is 0.00114. The first-order valence-corrected chi connectivity index (χ1v) is 10.5. The summed E-state index contributed by atoms with van der Waals surface area (Å²) in [5.74, 6) is 6.21. The van der Waals surface area contributed by atoms with E-state index in [2.05, 4.69) is 19.9 Å². The number of nitrogens with two attached hydrogens (primary N) is 2. The van der Waals surface area contributed by atoms with Crippen LogP contribution in [0.25, 0.3) is 22.3 Å². The molecule has 10 nitrogen and oxygen atoms in total. The number of carbonyl (C=O) groups excluding carboxylic acids is 1. The minimum Gasteiger partial charge on any atom is -0.435 e. The van der Waals surface area contributed by atoms with Crippen LogP contribution in [0.4, 0.5) is 8.78 Å². The summed E-state index contributed by atoms with van der Waals surface area (Å²) in [4.78, 5) is 28.8. The maximum atomic E-state index is 12.8. The number of halogens is 2. The molecule has 4 rings (SSSR count). The van der Waals surface area contributed by atoms with E-state index >= 15 is 0 Å². The predicted molar refractivity (Wildman–Crippen MR) is 117 cm³/mol. The molecule has 33 heavy (non-hydrogen) atoms. The lowest BCUT2D eigenvalue weighted by atomic mass is 10.2. The van der Waals surface area contributed by atoms with Crippen molar-refractivity contribution in [2.24, 2.45) is 5.73 Å². The number of carbonyl (C=O) groups is 1. The molecule has 0 saturated carbocycles. The highest BCUT2D eigenvalue weighted by atomic mass is 32.2. The molecule has 0 fully saturated rings. The molecule has 4 N–H and O–H groups in total. The standard InChI is InChI=1S/C20H17F2N7O3S/c21-19(22)32-12-7-5-11(6-8-12)17-26-27-20(29(17)24)33-10-16-25-14-4-2-1-3-13(14)18(31)28(16)9-15(23)30/h1-8,19H,9-10,24H2,(H2,23,30). The van der Waals surface area contributed by atoms with Crippen LogP contribution in [0.1, 0.15) is 5.82 Å². The SMILES string of the molecule is NC(=O)Cn1c(CSc2nnc(-c3ccc(OC(F)F)cc3)n2N)nc2ccccc2c1=O. The van der Waals surface area contributed by atoms with Crippen LogP contribution in [0.3, 0.4) is 0 Å². The van der Waals surface area contributed by atoms with Crippen LogP contribution >= 0.6 is 11.8 Å². The Morgan fingerprint density at radius 1 is 1.12 bits per heavy atom. The van der Waals surface area contributed by atoms with Gasteiger partial charge >= 0.3 is 6.61 Å². The molecule has 0 atom stereocenters. The van der Waals surface area contributed by atoms with Crippen LogP contribution < -0.4 is 21.9 Å². The summed E-state index contributed by atoms with van der Waals surface area (Å²) in [6, 6.07) is 12.6. The molecule has 0 radical (unpaired) electrons.